The molecule has 0 saturated heterocycles. The fourth-order valence-electron chi connectivity index (χ4n) is 0.821. The van der Waals surface area contributed by atoms with Crippen molar-refractivity contribution in [2.75, 3.05) is 0 Å². The fraction of sp³-hybridized carbons (Fsp3) is 0.571. The molecule has 1 aromatic heterocycles. The standard InChI is InChI=1S/C7H9IN4/c1-2-3-4-12-7(8)6(5-9)10-11-12/h2-4H2,1H3. The highest BCUT2D eigenvalue weighted by atomic mass is 127. The summed E-state index contributed by atoms with van der Waals surface area (Å²) in [6.45, 7) is 2.97. The minimum atomic E-state index is 0.423. The van der Waals surface area contributed by atoms with Gasteiger partial charge >= 0.3 is 0 Å². The summed E-state index contributed by atoms with van der Waals surface area (Å²) >= 11 is 2.09. The SMILES string of the molecule is CCCCn1nnc(C#N)c1I. The molecule has 0 aliphatic heterocycles. The smallest absolute Gasteiger partial charge is 0.196 e. The summed E-state index contributed by atoms with van der Waals surface area (Å²) in [4.78, 5) is 0. The van der Waals surface area contributed by atoms with Gasteiger partial charge in [0.1, 0.15) is 9.77 Å². The molecular formula is C7H9IN4. The van der Waals surface area contributed by atoms with Gasteiger partial charge in [-0.15, -0.1) is 5.10 Å². The number of rotatable bonds is 3. The number of unbranched alkanes of at least 4 members (excludes halogenated alkanes) is 1. The number of aromatic nitrogens is 3. The first kappa shape index (κ1) is 9.45. The minimum Gasteiger partial charge on any atom is -0.238 e. The van der Waals surface area contributed by atoms with E-state index < -0.39 is 0 Å². The van der Waals surface area contributed by atoms with Crippen molar-refractivity contribution in [3.63, 3.8) is 0 Å². The molecule has 0 spiro atoms. The van der Waals surface area contributed by atoms with Crippen LogP contribution in [0.1, 0.15) is 25.5 Å². The van der Waals surface area contributed by atoms with Crippen LogP contribution in [-0.4, -0.2) is 15.0 Å². The molecule has 4 nitrogen and oxygen atoms in total. The molecule has 0 aromatic carbocycles. The minimum absolute atomic E-state index is 0.423. The van der Waals surface area contributed by atoms with Crippen LogP contribution < -0.4 is 0 Å². The van der Waals surface area contributed by atoms with Gasteiger partial charge in [0.25, 0.3) is 0 Å². The Morgan fingerprint density at radius 3 is 2.92 bits per heavy atom. The molecule has 1 heterocycles. The van der Waals surface area contributed by atoms with Gasteiger partial charge < -0.3 is 0 Å². The predicted octanol–water partition coefficient (Wildman–Crippen LogP) is 1.55. The molecule has 0 radical (unpaired) electrons. The molecule has 64 valence electrons. The van der Waals surface area contributed by atoms with E-state index in [1.54, 1.807) is 4.68 Å². The highest BCUT2D eigenvalue weighted by Crippen LogP contribution is 2.08. The van der Waals surface area contributed by atoms with E-state index in [0.29, 0.717) is 5.69 Å². The zero-order chi connectivity index (χ0) is 8.97. The van der Waals surface area contributed by atoms with Crippen LogP contribution in [0.5, 0.6) is 0 Å². The van der Waals surface area contributed by atoms with Crippen LogP contribution in [-0.2, 0) is 6.54 Å². The Kier molecular flexibility index (Phi) is 3.47. The van der Waals surface area contributed by atoms with Crippen molar-refractivity contribution in [1.29, 1.82) is 5.26 Å². The number of nitrogens with zero attached hydrogens (tertiary/aromatic N) is 4. The molecule has 1 rings (SSSR count). The summed E-state index contributed by atoms with van der Waals surface area (Å²) in [6, 6.07) is 1.99. The lowest BCUT2D eigenvalue weighted by Gasteiger charge is -1.98. The van der Waals surface area contributed by atoms with E-state index in [-0.39, 0.29) is 0 Å². The molecule has 0 aliphatic rings. The Morgan fingerprint density at radius 1 is 1.67 bits per heavy atom. The molecule has 12 heavy (non-hydrogen) atoms. The van der Waals surface area contributed by atoms with E-state index >= 15 is 0 Å². The van der Waals surface area contributed by atoms with Crippen molar-refractivity contribution >= 4 is 22.6 Å². The average Bonchev–Trinajstić information content (AvgIpc) is 2.43. The summed E-state index contributed by atoms with van der Waals surface area (Å²) in [5.74, 6) is 0. The third kappa shape index (κ3) is 1.94. The quantitative estimate of drug-likeness (QED) is 0.787. The number of hydrogen-bond acceptors (Lipinski definition) is 3. The third-order valence-corrected chi connectivity index (χ3v) is 2.57. The van der Waals surface area contributed by atoms with Crippen molar-refractivity contribution in [2.45, 2.75) is 26.3 Å². The zero-order valence-electron chi connectivity index (χ0n) is 6.79. The van der Waals surface area contributed by atoms with Gasteiger partial charge in [0, 0.05) is 6.54 Å². The molecule has 0 atom stereocenters. The number of nitriles is 1. The van der Waals surface area contributed by atoms with Gasteiger partial charge in [-0.25, -0.2) is 4.68 Å². The van der Waals surface area contributed by atoms with Crippen molar-refractivity contribution < 1.29 is 0 Å². The van der Waals surface area contributed by atoms with Gasteiger partial charge in [0.15, 0.2) is 5.69 Å². The fourth-order valence-corrected chi connectivity index (χ4v) is 1.39. The average molecular weight is 276 g/mol. The molecular weight excluding hydrogens is 267 g/mol. The summed E-state index contributed by atoms with van der Waals surface area (Å²) < 4.78 is 2.60. The Bertz CT molecular complexity index is 299. The number of aryl methyl sites for hydroxylation is 1. The van der Waals surface area contributed by atoms with Gasteiger partial charge in [-0.2, -0.15) is 5.26 Å². The van der Waals surface area contributed by atoms with Crippen LogP contribution in [0.4, 0.5) is 0 Å². The van der Waals surface area contributed by atoms with Crippen molar-refractivity contribution in [2.24, 2.45) is 0 Å². The third-order valence-electron chi connectivity index (χ3n) is 1.50. The summed E-state index contributed by atoms with van der Waals surface area (Å²) in [5.41, 5.74) is 0.423. The lowest BCUT2D eigenvalue weighted by Crippen LogP contribution is -2.02. The maximum Gasteiger partial charge on any atom is 0.196 e. The van der Waals surface area contributed by atoms with E-state index in [2.05, 4.69) is 39.8 Å². The van der Waals surface area contributed by atoms with Gasteiger partial charge in [0.2, 0.25) is 0 Å². The Labute approximate surface area is 84.7 Å². The molecule has 0 amide bonds. The Hall–Kier alpha value is -0.640. The molecule has 0 saturated carbocycles. The second-order valence-electron chi connectivity index (χ2n) is 2.42. The summed E-state index contributed by atoms with van der Waals surface area (Å²) in [7, 11) is 0. The van der Waals surface area contributed by atoms with E-state index in [9.17, 15) is 0 Å². The molecule has 0 N–H and O–H groups in total. The van der Waals surface area contributed by atoms with Gasteiger partial charge in [-0.3, -0.25) is 0 Å². The van der Waals surface area contributed by atoms with E-state index in [0.717, 1.165) is 23.1 Å². The first-order valence-electron chi connectivity index (χ1n) is 3.78. The van der Waals surface area contributed by atoms with E-state index in [4.69, 9.17) is 5.26 Å². The molecule has 5 heteroatoms. The Morgan fingerprint density at radius 2 is 2.42 bits per heavy atom. The molecule has 1 aromatic rings. The van der Waals surface area contributed by atoms with Crippen molar-refractivity contribution in [1.82, 2.24) is 15.0 Å². The second kappa shape index (κ2) is 4.40. The van der Waals surface area contributed by atoms with Crippen molar-refractivity contribution in [3.8, 4) is 6.07 Å². The van der Waals surface area contributed by atoms with Gasteiger partial charge in [-0.05, 0) is 29.0 Å². The largest absolute Gasteiger partial charge is 0.238 e. The van der Waals surface area contributed by atoms with Crippen LogP contribution >= 0.6 is 22.6 Å². The molecule has 0 unspecified atom stereocenters. The topological polar surface area (TPSA) is 54.5 Å². The normalized spacial score (nSPS) is 9.75. The summed E-state index contributed by atoms with van der Waals surface area (Å²) in [6.07, 6.45) is 2.20. The van der Waals surface area contributed by atoms with Crippen LogP contribution in [0.25, 0.3) is 0 Å². The van der Waals surface area contributed by atoms with Crippen LogP contribution in [0.3, 0.4) is 0 Å². The predicted molar refractivity (Wildman–Crippen MR) is 52.4 cm³/mol. The van der Waals surface area contributed by atoms with Crippen LogP contribution in [0.15, 0.2) is 0 Å². The Balaban J connectivity index is 2.75. The monoisotopic (exact) mass is 276 g/mol. The highest BCUT2D eigenvalue weighted by molar-refractivity contribution is 14.1. The van der Waals surface area contributed by atoms with Crippen molar-refractivity contribution in [3.05, 3.63) is 9.39 Å². The maximum absolute atomic E-state index is 8.59. The zero-order valence-corrected chi connectivity index (χ0v) is 8.95. The van der Waals surface area contributed by atoms with Crippen LogP contribution in [0, 0.1) is 15.0 Å². The lowest BCUT2D eigenvalue weighted by atomic mass is 10.3. The summed E-state index contributed by atoms with van der Waals surface area (Å²) in [5, 5.41) is 16.2. The molecule has 0 aliphatic carbocycles. The highest BCUT2D eigenvalue weighted by Gasteiger charge is 2.07. The first-order valence-corrected chi connectivity index (χ1v) is 4.86. The molecule has 0 bridgehead atoms. The lowest BCUT2D eigenvalue weighted by molar-refractivity contribution is 0.543. The number of hydrogen-bond donors (Lipinski definition) is 0. The number of halogens is 1. The first-order chi connectivity index (χ1) is 5.79. The second-order valence-corrected chi connectivity index (χ2v) is 3.44. The van der Waals surface area contributed by atoms with Crippen LogP contribution in [0.2, 0.25) is 0 Å². The molecule has 0 fully saturated rings. The van der Waals surface area contributed by atoms with E-state index in [1.807, 2.05) is 6.07 Å². The van der Waals surface area contributed by atoms with E-state index in [1.165, 1.54) is 0 Å². The maximum atomic E-state index is 8.59. The van der Waals surface area contributed by atoms with Gasteiger partial charge in [0.05, 0.1) is 0 Å². The van der Waals surface area contributed by atoms with Gasteiger partial charge in [-0.1, -0.05) is 18.6 Å².